The van der Waals surface area contributed by atoms with Gasteiger partial charge in [0.15, 0.2) is 0 Å². The molecule has 3 N–H and O–H groups in total. The van der Waals surface area contributed by atoms with E-state index in [1.165, 1.54) is 14.2 Å². The predicted molar refractivity (Wildman–Crippen MR) is 119 cm³/mol. The molecule has 0 aliphatic carbocycles. The van der Waals surface area contributed by atoms with E-state index in [4.69, 9.17) is 14.2 Å². The largest absolute Gasteiger partial charge is 0.495 e. The van der Waals surface area contributed by atoms with E-state index in [0.29, 0.717) is 17.0 Å². The number of benzene rings is 2. The predicted octanol–water partition coefficient (Wildman–Crippen LogP) is 3.88. The summed E-state index contributed by atoms with van der Waals surface area (Å²) >= 11 is 0. The molecule has 2 rings (SSSR count). The minimum atomic E-state index is -1.24. The third-order valence-electron chi connectivity index (χ3n) is 4.36. The minimum absolute atomic E-state index is 0.0225. The summed E-state index contributed by atoms with van der Waals surface area (Å²) in [5, 5.41) is 14.7. The van der Waals surface area contributed by atoms with E-state index in [1.807, 2.05) is 0 Å². The van der Waals surface area contributed by atoms with Crippen LogP contribution in [-0.2, 0) is 20.7 Å². The first-order valence-electron chi connectivity index (χ1n) is 9.97. The first-order chi connectivity index (χ1) is 15.4. The first-order valence-corrected chi connectivity index (χ1v) is 9.97. The summed E-state index contributed by atoms with van der Waals surface area (Å²) in [4.78, 5) is 35.9. The molecule has 0 aromatic heterocycles. The molecule has 10 heteroatoms. The van der Waals surface area contributed by atoms with E-state index in [2.05, 4.69) is 10.6 Å². The number of hydrogen-bond donors (Lipinski definition) is 3. The molecule has 0 aliphatic heterocycles. The monoisotopic (exact) mass is 462 g/mol. The molecule has 0 heterocycles. The normalized spacial score (nSPS) is 11.8. The van der Waals surface area contributed by atoms with Crippen molar-refractivity contribution < 1.29 is 38.1 Å². The third kappa shape index (κ3) is 7.37. The van der Waals surface area contributed by atoms with Gasteiger partial charge in [0.25, 0.3) is 0 Å². The Labute approximate surface area is 190 Å². The topological polar surface area (TPSA) is 123 Å². The lowest BCUT2D eigenvalue weighted by molar-refractivity contribution is -0.143. The third-order valence-corrected chi connectivity index (χ3v) is 4.36. The van der Waals surface area contributed by atoms with E-state index in [0.717, 1.165) is 18.2 Å². The number of nitrogens with one attached hydrogen (secondary N) is 2. The van der Waals surface area contributed by atoms with Gasteiger partial charge in [-0.1, -0.05) is 6.07 Å². The first kappa shape index (κ1) is 25.4. The minimum Gasteiger partial charge on any atom is -0.495 e. The summed E-state index contributed by atoms with van der Waals surface area (Å²) in [6.07, 6.45) is -0.741. The number of aromatic carboxylic acids is 1. The average Bonchev–Trinajstić information content (AvgIpc) is 2.71. The number of hydrogen-bond acceptors (Lipinski definition) is 7. The molecule has 33 heavy (non-hydrogen) atoms. The van der Waals surface area contributed by atoms with Crippen LogP contribution in [0.4, 0.5) is 20.6 Å². The van der Waals surface area contributed by atoms with Gasteiger partial charge in [-0.3, -0.25) is 0 Å². The number of methoxy groups -OCH3 is 2. The Morgan fingerprint density at radius 3 is 2.33 bits per heavy atom. The molecule has 0 saturated carbocycles. The van der Waals surface area contributed by atoms with Crippen molar-refractivity contribution in [2.75, 3.05) is 19.5 Å². The van der Waals surface area contributed by atoms with Gasteiger partial charge < -0.3 is 30.0 Å². The lowest BCUT2D eigenvalue weighted by Crippen LogP contribution is -2.45. The van der Waals surface area contributed by atoms with Crippen molar-refractivity contribution >= 4 is 29.4 Å². The van der Waals surface area contributed by atoms with Gasteiger partial charge in [0, 0.05) is 6.42 Å². The lowest BCUT2D eigenvalue weighted by atomic mass is 10.0. The highest BCUT2D eigenvalue weighted by atomic mass is 19.1. The molecule has 0 aliphatic rings. The number of rotatable bonds is 8. The average molecular weight is 462 g/mol. The Balaban J connectivity index is 2.34. The van der Waals surface area contributed by atoms with Crippen molar-refractivity contribution in [1.82, 2.24) is 5.32 Å². The van der Waals surface area contributed by atoms with Crippen LogP contribution in [0.1, 0.15) is 36.7 Å². The van der Waals surface area contributed by atoms with Crippen molar-refractivity contribution in [3.63, 3.8) is 0 Å². The Morgan fingerprint density at radius 2 is 1.76 bits per heavy atom. The Bertz CT molecular complexity index is 1030. The quantitative estimate of drug-likeness (QED) is 0.505. The van der Waals surface area contributed by atoms with Crippen LogP contribution >= 0.6 is 0 Å². The van der Waals surface area contributed by atoms with Crippen LogP contribution in [0.25, 0.3) is 0 Å². The summed E-state index contributed by atoms with van der Waals surface area (Å²) in [5.41, 5.74) is 0.0497. The zero-order valence-corrected chi connectivity index (χ0v) is 19.0. The van der Waals surface area contributed by atoms with Crippen molar-refractivity contribution in [3.05, 3.63) is 53.3 Å². The number of carbonyl (C=O) groups is 3. The molecule has 0 unspecified atom stereocenters. The van der Waals surface area contributed by atoms with E-state index < -0.39 is 35.5 Å². The van der Waals surface area contributed by atoms with Crippen molar-refractivity contribution in [2.24, 2.45) is 0 Å². The van der Waals surface area contributed by atoms with Gasteiger partial charge in [0.05, 0.1) is 31.2 Å². The van der Waals surface area contributed by atoms with Gasteiger partial charge in [0.1, 0.15) is 23.2 Å². The second-order valence-electron chi connectivity index (χ2n) is 8.08. The van der Waals surface area contributed by atoms with E-state index >= 15 is 0 Å². The number of carboxylic acid groups (broad SMARTS) is 1. The molecule has 9 nitrogen and oxygen atoms in total. The highest BCUT2D eigenvalue weighted by Crippen LogP contribution is 2.31. The Hall–Kier alpha value is -3.82. The number of ether oxygens (including phenoxy) is 3. The molecule has 178 valence electrons. The standard InChI is InChI=1S/C23H27FN2O7/c1-23(2,3)33-22(30)26-18(21(29)32-5)11-13-6-9-19(31-4)17(10-13)25-16-12-14(24)7-8-15(16)20(27)28/h6-10,12,18,25H,11H2,1-5H3,(H,26,30)(H,27,28)/t18-/m0/s1. The number of carbonyl (C=O) groups excluding carboxylic acids is 2. The molecule has 0 spiro atoms. The zero-order chi connectivity index (χ0) is 24.8. The zero-order valence-electron chi connectivity index (χ0n) is 19.0. The van der Waals surface area contributed by atoms with Crippen LogP contribution in [0.15, 0.2) is 36.4 Å². The summed E-state index contributed by atoms with van der Waals surface area (Å²) < 4.78 is 29.0. The van der Waals surface area contributed by atoms with Gasteiger partial charge in [-0.2, -0.15) is 0 Å². The second kappa shape index (κ2) is 10.7. The molecule has 1 amide bonds. The van der Waals surface area contributed by atoms with E-state index in [-0.39, 0.29) is 17.7 Å². The Morgan fingerprint density at radius 1 is 1.06 bits per heavy atom. The van der Waals surface area contributed by atoms with Gasteiger partial charge >= 0.3 is 18.0 Å². The molecule has 0 saturated heterocycles. The highest BCUT2D eigenvalue weighted by molar-refractivity contribution is 5.95. The molecule has 2 aromatic rings. The fraction of sp³-hybridized carbons (Fsp3) is 0.348. The second-order valence-corrected chi connectivity index (χ2v) is 8.08. The maximum atomic E-state index is 13.7. The fourth-order valence-electron chi connectivity index (χ4n) is 2.95. The van der Waals surface area contributed by atoms with Gasteiger partial charge in [-0.15, -0.1) is 0 Å². The van der Waals surface area contributed by atoms with Crippen molar-refractivity contribution in [1.29, 1.82) is 0 Å². The lowest BCUT2D eigenvalue weighted by Gasteiger charge is -2.23. The van der Waals surface area contributed by atoms with E-state index in [1.54, 1.807) is 39.0 Å². The number of halogens is 1. The molecular weight excluding hydrogens is 435 g/mol. The number of anilines is 2. The number of carboxylic acids is 1. The summed E-state index contributed by atoms with van der Waals surface area (Å²) in [7, 11) is 2.62. The SMILES string of the molecule is COC(=O)[C@H](Cc1ccc(OC)c(Nc2cc(F)ccc2C(=O)O)c1)NC(=O)OC(C)(C)C. The molecule has 0 fully saturated rings. The Kier molecular flexibility index (Phi) is 8.22. The highest BCUT2D eigenvalue weighted by Gasteiger charge is 2.26. The smallest absolute Gasteiger partial charge is 0.408 e. The van der Waals surface area contributed by atoms with Crippen LogP contribution in [0, 0.1) is 5.82 Å². The van der Waals surface area contributed by atoms with Crippen LogP contribution < -0.4 is 15.4 Å². The fourth-order valence-corrected chi connectivity index (χ4v) is 2.95. The maximum Gasteiger partial charge on any atom is 0.408 e. The van der Waals surface area contributed by atoms with Crippen LogP contribution in [0.2, 0.25) is 0 Å². The van der Waals surface area contributed by atoms with Gasteiger partial charge in [0.2, 0.25) is 0 Å². The molecule has 2 aromatic carbocycles. The summed E-state index contributed by atoms with van der Waals surface area (Å²) in [6, 6.07) is 7.06. The van der Waals surface area contributed by atoms with Crippen molar-refractivity contribution in [3.8, 4) is 5.75 Å². The molecule has 0 radical (unpaired) electrons. The summed E-state index contributed by atoms with van der Waals surface area (Å²) in [5.74, 6) is -2.18. The maximum absolute atomic E-state index is 13.7. The molecular formula is C23H27FN2O7. The van der Waals surface area contributed by atoms with Crippen LogP contribution in [0.3, 0.4) is 0 Å². The number of esters is 1. The number of alkyl carbamates (subject to hydrolysis) is 1. The van der Waals surface area contributed by atoms with Crippen LogP contribution in [0.5, 0.6) is 5.75 Å². The number of amides is 1. The van der Waals surface area contributed by atoms with Gasteiger partial charge in [-0.25, -0.2) is 18.8 Å². The molecule has 1 atom stereocenters. The summed E-state index contributed by atoms with van der Waals surface area (Å²) in [6.45, 7) is 5.08. The van der Waals surface area contributed by atoms with Crippen molar-refractivity contribution in [2.45, 2.75) is 38.8 Å². The molecule has 0 bridgehead atoms. The van der Waals surface area contributed by atoms with Gasteiger partial charge in [-0.05, 0) is 56.7 Å². The van der Waals surface area contributed by atoms with E-state index in [9.17, 15) is 23.9 Å². The van der Waals surface area contributed by atoms with Crippen LogP contribution in [-0.4, -0.2) is 49.0 Å².